The third kappa shape index (κ3) is 4.01. The van der Waals surface area contributed by atoms with Gasteiger partial charge in [0, 0.05) is 26.2 Å². The molecule has 7 heteroatoms. The molecule has 2 aromatic heterocycles. The van der Waals surface area contributed by atoms with E-state index in [1.165, 1.54) is 14.0 Å². The number of rotatable bonds is 7. The van der Waals surface area contributed by atoms with Crippen LogP contribution in [0.2, 0.25) is 0 Å². The maximum Gasteiger partial charge on any atom is 0.379 e. The zero-order valence-corrected chi connectivity index (χ0v) is 18.2. The summed E-state index contributed by atoms with van der Waals surface area (Å²) in [5, 5.41) is 0. The van der Waals surface area contributed by atoms with E-state index in [-0.39, 0.29) is 11.2 Å². The van der Waals surface area contributed by atoms with Crippen LogP contribution >= 0.6 is 0 Å². The highest BCUT2D eigenvalue weighted by Crippen LogP contribution is 2.38. The Balaban J connectivity index is 2.10. The maximum atomic E-state index is 12.9. The molecule has 0 radical (unpaired) electrons. The first kappa shape index (κ1) is 21.7. The number of imidazole rings is 1. The van der Waals surface area contributed by atoms with Crippen LogP contribution in [0.25, 0.3) is 5.65 Å². The highest BCUT2D eigenvalue weighted by atomic mass is 16.5. The minimum atomic E-state index is -0.904. The van der Waals surface area contributed by atoms with E-state index in [4.69, 9.17) is 4.74 Å². The van der Waals surface area contributed by atoms with Crippen molar-refractivity contribution in [2.45, 2.75) is 46.5 Å². The molecule has 0 amide bonds. The molecular weight excluding hydrogens is 382 g/mol. The van der Waals surface area contributed by atoms with Crippen molar-refractivity contribution in [3.05, 3.63) is 41.7 Å². The molecule has 1 aliphatic rings. The molecule has 0 unspecified atom stereocenters. The number of hydrogen-bond acceptors (Lipinski definition) is 6. The van der Waals surface area contributed by atoms with Crippen molar-refractivity contribution < 1.29 is 19.1 Å². The van der Waals surface area contributed by atoms with Gasteiger partial charge in [0.15, 0.2) is 5.78 Å². The van der Waals surface area contributed by atoms with E-state index in [0.29, 0.717) is 28.3 Å². The summed E-state index contributed by atoms with van der Waals surface area (Å²) in [4.78, 5) is 43.4. The first-order valence-corrected chi connectivity index (χ1v) is 10.2. The second-order valence-electron chi connectivity index (χ2n) is 8.38. The number of piperidine rings is 1. The Bertz CT molecular complexity index is 1010. The van der Waals surface area contributed by atoms with Crippen molar-refractivity contribution in [2.75, 3.05) is 25.1 Å². The van der Waals surface area contributed by atoms with Gasteiger partial charge in [0.25, 0.3) is 5.78 Å². The van der Waals surface area contributed by atoms with Crippen LogP contribution in [-0.4, -0.2) is 47.1 Å². The lowest BCUT2D eigenvalue weighted by Crippen LogP contribution is -2.40. The highest BCUT2D eigenvalue weighted by molar-refractivity contribution is 6.42. The molecule has 0 bridgehead atoms. The lowest BCUT2D eigenvalue weighted by atomic mass is 9.76. The van der Waals surface area contributed by atoms with Crippen LogP contribution in [0.1, 0.15) is 65.9 Å². The molecule has 160 valence electrons. The first-order chi connectivity index (χ1) is 14.2. The molecule has 3 rings (SSSR count). The summed E-state index contributed by atoms with van der Waals surface area (Å²) in [5.74, 6) is -1.15. The van der Waals surface area contributed by atoms with Crippen LogP contribution in [0.15, 0.2) is 24.9 Å². The summed E-state index contributed by atoms with van der Waals surface area (Å²) in [5.41, 5.74) is 2.05. The van der Waals surface area contributed by atoms with Gasteiger partial charge in [-0.2, -0.15) is 0 Å². The van der Waals surface area contributed by atoms with Gasteiger partial charge < -0.3 is 9.64 Å². The maximum absolute atomic E-state index is 12.9. The predicted octanol–water partition coefficient (Wildman–Crippen LogP) is 3.77. The summed E-state index contributed by atoms with van der Waals surface area (Å²) < 4.78 is 6.46. The van der Waals surface area contributed by atoms with Gasteiger partial charge in [0.05, 0.1) is 12.7 Å². The SMILES string of the molecule is C=CCCC1(C)CCN(c2c(C(=O)C(=O)OC)c(C)cc3nc(C(C)=O)cn23)CC1. The number of esters is 1. The lowest BCUT2D eigenvalue weighted by molar-refractivity contribution is -0.135. The number of carbonyl (C=O) groups is 3. The minimum absolute atomic E-state index is 0.154. The van der Waals surface area contributed by atoms with Gasteiger partial charge in [0.2, 0.25) is 0 Å². The molecule has 1 aliphatic heterocycles. The van der Waals surface area contributed by atoms with Crippen LogP contribution in [-0.2, 0) is 9.53 Å². The summed E-state index contributed by atoms with van der Waals surface area (Å²) in [6.45, 7) is 10.8. The number of nitrogens with zero attached hydrogens (tertiary/aromatic N) is 3. The second kappa shape index (κ2) is 8.42. The summed E-state index contributed by atoms with van der Waals surface area (Å²) in [6, 6.07) is 1.73. The van der Waals surface area contributed by atoms with E-state index in [1.807, 2.05) is 6.08 Å². The second-order valence-corrected chi connectivity index (χ2v) is 8.38. The number of fused-ring (bicyclic) bond motifs is 1. The monoisotopic (exact) mass is 411 g/mol. The quantitative estimate of drug-likeness (QED) is 0.299. The summed E-state index contributed by atoms with van der Waals surface area (Å²) in [6.07, 6.45) is 7.55. The zero-order valence-electron chi connectivity index (χ0n) is 18.2. The van der Waals surface area contributed by atoms with Crippen LogP contribution in [0.3, 0.4) is 0 Å². The molecule has 0 atom stereocenters. The number of ether oxygens (including phenoxy) is 1. The molecular formula is C23H29N3O4. The van der Waals surface area contributed by atoms with Gasteiger partial charge >= 0.3 is 5.97 Å². The average Bonchev–Trinajstić information content (AvgIpc) is 3.15. The molecule has 0 N–H and O–H groups in total. The molecule has 0 saturated carbocycles. The highest BCUT2D eigenvalue weighted by Gasteiger charge is 2.34. The number of Topliss-reactive ketones (excluding diaryl/α,β-unsaturated/α-hetero) is 2. The minimum Gasteiger partial charge on any atom is -0.463 e. The smallest absolute Gasteiger partial charge is 0.379 e. The van der Waals surface area contributed by atoms with Crippen molar-refractivity contribution in [1.29, 1.82) is 0 Å². The van der Waals surface area contributed by atoms with Gasteiger partial charge in [-0.25, -0.2) is 9.78 Å². The molecule has 30 heavy (non-hydrogen) atoms. The van der Waals surface area contributed by atoms with E-state index in [9.17, 15) is 14.4 Å². The molecule has 2 aromatic rings. The van der Waals surface area contributed by atoms with Gasteiger partial charge in [-0.1, -0.05) is 13.0 Å². The first-order valence-electron chi connectivity index (χ1n) is 10.2. The van der Waals surface area contributed by atoms with Crippen molar-refractivity contribution in [3.8, 4) is 0 Å². The number of anilines is 1. The lowest BCUT2D eigenvalue weighted by Gasteiger charge is -2.41. The van der Waals surface area contributed by atoms with Gasteiger partial charge in [-0.3, -0.25) is 14.0 Å². The molecule has 7 nitrogen and oxygen atoms in total. The Hall–Kier alpha value is -2.96. The molecule has 1 saturated heterocycles. The zero-order chi connectivity index (χ0) is 22.1. The number of aryl methyl sites for hydroxylation is 1. The van der Waals surface area contributed by atoms with Gasteiger partial charge in [0.1, 0.15) is 17.2 Å². The van der Waals surface area contributed by atoms with Gasteiger partial charge in [-0.15, -0.1) is 6.58 Å². The van der Waals surface area contributed by atoms with Crippen molar-refractivity contribution in [1.82, 2.24) is 9.38 Å². The van der Waals surface area contributed by atoms with Crippen LogP contribution in [0, 0.1) is 12.3 Å². The Labute approximate surface area is 176 Å². The van der Waals surface area contributed by atoms with Crippen molar-refractivity contribution >= 4 is 29.0 Å². The normalized spacial score (nSPS) is 15.8. The molecule has 0 aliphatic carbocycles. The van der Waals surface area contributed by atoms with Crippen molar-refractivity contribution in [3.63, 3.8) is 0 Å². The fourth-order valence-corrected chi connectivity index (χ4v) is 4.14. The Kier molecular flexibility index (Phi) is 6.10. The van der Waals surface area contributed by atoms with E-state index in [1.54, 1.807) is 23.6 Å². The molecule has 0 spiro atoms. The van der Waals surface area contributed by atoms with Crippen LogP contribution in [0.5, 0.6) is 0 Å². The Morgan fingerprint density at radius 1 is 1.30 bits per heavy atom. The summed E-state index contributed by atoms with van der Waals surface area (Å²) in [7, 11) is 1.20. The van der Waals surface area contributed by atoms with E-state index < -0.39 is 11.8 Å². The third-order valence-corrected chi connectivity index (χ3v) is 6.11. The number of aromatic nitrogens is 2. The number of carbonyl (C=O) groups excluding carboxylic acids is 3. The predicted molar refractivity (Wildman–Crippen MR) is 115 cm³/mol. The Morgan fingerprint density at radius 2 is 1.97 bits per heavy atom. The molecule has 0 aromatic carbocycles. The molecule has 3 heterocycles. The number of hydrogen-bond donors (Lipinski definition) is 0. The Morgan fingerprint density at radius 3 is 2.53 bits per heavy atom. The summed E-state index contributed by atoms with van der Waals surface area (Å²) >= 11 is 0. The van der Waals surface area contributed by atoms with E-state index >= 15 is 0 Å². The number of methoxy groups -OCH3 is 1. The largest absolute Gasteiger partial charge is 0.463 e. The fraction of sp³-hybridized carbons (Fsp3) is 0.478. The topological polar surface area (TPSA) is 81.0 Å². The number of pyridine rings is 1. The fourth-order valence-electron chi connectivity index (χ4n) is 4.14. The van der Waals surface area contributed by atoms with Crippen LogP contribution < -0.4 is 4.90 Å². The van der Waals surface area contributed by atoms with Crippen molar-refractivity contribution in [2.24, 2.45) is 5.41 Å². The number of ketones is 2. The van der Waals surface area contributed by atoms with E-state index in [2.05, 4.69) is 23.4 Å². The van der Waals surface area contributed by atoms with E-state index in [0.717, 1.165) is 38.8 Å². The number of allylic oxidation sites excluding steroid dienone is 1. The standard InChI is InChI=1S/C23H29N3O4/c1-6-7-8-23(4)9-11-25(12-10-23)21-19(20(28)22(29)30-5)15(2)13-18-24-17(16(3)27)14-26(18)21/h6,13-14H,1,7-12H2,2-5H3. The molecule has 1 fully saturated rings. The van der Waals surface area contributed by atoms with Crippen LogP contribution in [0.4, 0.5) is 5.82 Å². The third-order valence-electron chi connectivity index (χ3n) is 6.11. The average molecular weight is 412 g/mol. The van der Waals surface area contributed by atoms with Gasteiger partial charge in [-0.05, 0) is 49.7 Å².